The lowest BCUT2D eigenvalue weighted by Gasteiger charge is -2.21. The van der Waals surface area contributed by atoms with Crippen LogP contribution in [-0.4, -0.2) is 23.4 Å². The molecule has 0 aliphatic carbocycles. The van der Waals surface area contributed by atoms with Gasteiger partial charge in [-0.15, -0.1) is 0 Å². The molecular formula is C44H58O4. The maximum Gasteiger partial charge on any atom is 0.131 e. The van der Waals surface area contributed by atoms with Gasteiger partial charge in [-0.1, -0.05) is 115 Å². The van der Waals surface area contributed by atoms with E-state index in [0.717, 1.165) is 95.9 Å². The fourth-order valence-electron chi connectivity index (χ4n) is 6.61. The molecule has 4 aromatic carbocycles. The lowest BCUT2D eigenvalue weighted by Crippen LogP contribution is -2.11. The molecule has 0 aliphatic rings. The van der Waals surface area contributed by atoms with E-state index in [1.54, 1.807) is 0 Å². The van der Waals surface area contributed by atoms with E-state index in [1.165, 1.54) is 11.1 Å². The van der Waals surface area contributed by atoms with Gasteiger partial charge in [0.2, 0.25) is 0 Å². The van der Waals surface area contributed by atoms with E-state index in [2.05, 4.69) is 104 Å². The van der Waals surface area contributed by atoms with Crippen molar-refractivity contribution >= 4 is 0 Å². The van der Waals surface area contributed by atoms with Crippen LogP contribution in [0.25, 0.3) is 22.3 Å². The monoisotopic (exact) mass is 650 g/mol. The van der Waals surface area contributed by atoms with Crippen molar-refractivity contribution in [1.29, 1.82) is 0 Å². The van der Waals surface area contributed by atoms with Gasteiger partial charge in [-0.2, -0.15) is 0 Å². The molecule has 4 aromatic rings. The second kappa shape index (κ2) is 17.5. The van der Waals surface area contributed by atoms with Crippen molar-refractivity contribution < 1.29 is 19.7 Å². The van der Waals surface area contributed by atoms with Crippen LogP contribution >= 0.6 is 0 Å². The fraction of sp³-hybridized carbons (Fsp3) is 0.455. The van der Waals surface area contributed by atoms with E-state index < -0.39 is 0 Å². The van der Waals surface area contributed by atoms with Crippen LogP contribution in [0.3, 0.4) is 0 Å². The molecule has 0 bridgehead atoms. The second-order valence-corrected chi connectivity index (χ2v) is 14.1. The number of benzene rings is 4. The minimum absolute atomic E-state index is 0.250. The Bertz CT molecular complexity index is 1530. The van der Waals surface area contributed by atoms with E-state index in [0.29, 0.717) is 24.7 Å². The van der Waals surface area contributed by atoms with Crippen molar-refractivity contribution in [3.63, 3.8) is 0 Å². The summed E-state index contributed by atoms with van der Waals surface area (Å²) in [5.41, 5.74) is 10.3. The van der Waals surface area contributed by atoms with Crippen LogP contribution in [-0.2, 0) is 12.8 Å². The fourth-order valence-corrected chi connectivity index (χ4v) is 6.61. The number of aromatic hydroxyl groups is 2. The highest BCUT2D eigenvalue weighted by atomic mass is 16.5. The first kappa shape index (κ1) is 36.9. The summed E-state index contributed by atoms with van der Waals surface area (Å²) in [7, 11) is 0. The zero-order valence-corrected chi connectivity index (χ0v) is 30.7. The Morgan fingerprint density at radius 1 is 0.542 bits per heavy atom. The SMILES string of the molecule is CCCCCc1cc(O)c(-c2cc(C)ccc2C(C)C)c(OCCOc2cc(CCCCC)cc(O)c2-c2cc(C)ccc2C(C)C)c1. The Hall–Kier alpha value is -3.92. The van der Waals surface area contributed by atoms with Gasteiger partial charge in [-0.3, -0.25) is 0 Å². The predicted molar refractivity (Wildman–Crippen MR) is 202 cm³/mol. The topological polar surface area (TPSA) is 58.9 Å². The summed E-state index contributed by atoms with van der Waals surface area (Å²) in [5.74, 6) is 2.42. The normalized spacial score (nSPS) is 11.5. The number of unbranched alkanes of at least 4 members (excludes halogenated alkanes) is 4. The smallest absolute Gasteiger partial charge is 0.131 e. The van der Waals surface area contributed by atoms with Crippen molar-refractivity contribution in [2.45, 2.75) is 119 Å². The van der Waals surface area contributed by atoms with Gasteiger partial charge in [0.25, 0.3) is 0 Å². The molecule has 0 fully saturated rings. The van der Waals surface area contributed by atoms with E-state index in [4.69, 9.17) is 9.47 Å². The molecule has 48 heavy (non-hydrogen) atoms. The molecule has 0 saturated heterocycles. The minimum Gasteiger partial charge on any atom is -0.507 e. The van der Waals surface area contributed by atoms with Crippen molar-refractivity contribution in [3.8, 4) is 45.3 Å². The number of phenols is 2. The van der Waals surface area contributed by atoms with Gasteiger partial charge in [0.15, 0.2) is 0 Å². The standard InChI is InChI=1S/C44H58O4/c1-9-11-13-15-33-25-39(45)43(37-23-31(7)17-19-35(37)29(3)4)41(27-33)47-21-22-48-42-28-34(16-14-12-10-2)26-40(46)44(42)38-24-32(8)18-20-36(38)30(5)6/h17-20,23-30,45-46H,9-16,21-22H2,1-8H3. The van der Waals surface area contributed by atoms with E-state index in [1.807, 2.05) is 12.1 Å². The van der Waals surface area contributed by atoms with Crippen molar-refractivity contribution in [3.05, 3.63) is 94.0 Å². The van der Waals surface area contributed by atoms with Gasteiger partial charge >= 0.3 is 0 Å². The summed E-state index contributed by atoms with van der Waals surface area (Å²) in [6, 6.07) is 20.9. The van der Waals surface area contributed by atoms with E-state index in [9.17, 15) is 10.2 Å². The Morgan fingerprint density at radius 2 is 0.938 bits per heavy atom. The van der Waals surface area contributed by atoms with Crippen molar-refractivity contribution in [2.75, 3.05) is 13.2 Å². The average molecular weight is 651 g/mol. The largest absolute Gasteiger partial charge is 0.507 e. The first-order chi connectivity index (χ1) is 23.0. The van der Waals surface area contributed by atoms with Crippen LogP contribution in [0.15, 0.2) is 60.7 Å². The molecule has 4 heteroatoms. The second-order valence-electron chi connectivity index (χ2n) is 14.1. The summed E-state index contributed by atoms with van der Waals surface area (Å²) in [6.45, 7) is 17.9. The molecule has 258 valence electrons. The van der Waals surface area contributed by atoms with Gasteiger partial charge in [0, 0.05) is 0 Å². The van der Waals surface area contributed by atoms with E-state index >= 15 is 0 Å². The van der Waals surface area contributed by atoms with Gasteiger partial charge in [0.05, 0.1) is 11.1 Å². The maximum atomic E-state index is 11.5. The highest BCUT2D eigenvalue weighted by molar-refractivity contribution is 5.81. The molecule has 0 radical (unpaired) electrons. The summed E-state index contributed by atoms with van der Waals surface area (Å²) in [6.07, 6.45) is 8.50. The Balaban J connectivity index is 1.69. The van der Waals surface area contributed by atoms with Gasteiger partial charge in [0.1, 0.15) is 36.2 Å². The molecule has 0 heterocycles. The van der Waals surface area contributed by atoms with Crippen molar-refractivity contribution in [1.82, 2.24) is 0 Å². The zero-order chi connectivity index (χ0) is 34.8. The van der Waals surface area contributed by atoms with Gasteiger partial charge in [-0.25, -0.2) is 0 Å². The van der Waals surface area contributed by atoms with Crippen LogP contribution < -0.4 is 9.47 Å². The number of ether oxygens (including phenoxy) is 2. The number of hydrogen-bond donors (Lipinski definition) is 2. The van der Waals surface area contributed by atoms with Gasteiger partial charge in [-0.05, 0) is 109 Å². The molecular weight excluding hydrogens is 592 g/mol. The molecule has 4 nitrogen and oxygen atoms in total. The number of hydrogen-bond acceptors (Lipinski definition) is 4. The summed E-state index contributed by atoms with van der Waals surface area (Å²) >= 11 is 0. The molecule has 2 N–H and O–H groups in total. The first-order valence-corrected chi connectivity index (χ1v) is 18.2. The molecule has 0 aliphatic heterocycles. The Labute approximate surface area is 290 Å². The van der Waals surface area contributed by atoms with Crippen LogP contribution in [0.2, 0.25) is 0 Å². The third kappa shape index (κ3) is 9.36. The molecule has 0 spiro atoms. The number of rotatable bonds is 17. The van der Waals surface area contributed by atoms with Crippen LogP contribution in [0.1, 0.15) is 125 Å². The number of aryl methyl sites for hydroxylation is 4. The number of phenolic OH excluding ortho intramolecular Hbond substituents is 2. The molecule has 0 saturated carbocycles. The molecule has 0 aromatic heterocycles. The quantitative estimate of drug-likeness (QED) is 0.112. The first-order valence-electron chi connectivity index (χ1n) is 18.2. The highest BCUT2D eigenvalue weighted by Crippen LogP contribution is 2.45. The minimum atomic E-state index is 0.250. The van der Waals surface area contributed by atoms with Crippen LogP contribution in [0.5, 0.6) is 23.0 Å². The third-order valence-corrected chi connectivity index (χ3v) is 9.22. The third-order valence-electron chi connectivity index (χ3n) is 9.22. The molecule has 4 rings (SSSR count). The Morgan fingerprint density at radius 3 is 1.29 bits per heavy atom. The van der Waals surface area contributed by atoms with Crippen LogP contribution in [0, 0.1) is 13.8 Å². The lowest BCUT2D eigenvalue weighted by atomic mass is 9.89. The highest BCUT2D eigenvalue weighted by Gasteiger charge is 2.21. The maximum absolute atomic E-state index is 11.5. The molecule has 0 unspecified atom stereocenters. The predicted octanol–water partition coefficient (Wildman–Crippen LogP) is 12.2. The lowest BCUT2D eigenvalue weighted by molar-refractivity contribution is 0.217. The van der Waals surface area contributed by atoms with E-state index in [-0.39, 0.29) is 23.3 Å². The Kier molecular flexibility index (Phi) is 13.4. The van der Waals surface area contributed by atoms with Crippen molar-refractivity contribution in [2.24, 2.45) is 0 Å². The molecule has 0 amide bonds. The molecule has 0 atom stereocenters. The summed E-state index contributed by atoms with van der Waals surface area (Å²) in [4.78, 5) is 0. The zero-order valence-electron chi connectivity index (χ0n) is 30.7. The van der Waals surface area contributed by atoms with Crippen LogP contribution in [0.4, 0.5) is 0 Å². The summed E-state index contributed by atoms with van der Waals surface area (Å²) in [5, 5.41) is 23.0. The summed E-state index contributed by atoms with van der Waals surface area (Å²) < 4.78 is 13.1. The van der Waals surface area contributed by atoms with Gasteiger partial charge < -0.3 is 19.7 Å². The average Bonchev–Trinajstić information content (AvgIpc) is 3.02.